The standard InChI is InChI=1S/C18H16FN3O6/c1-11-8-12(2-7-15(11)22(26)27)18(25)28-10-17(24)20-9-16(23)21-14-5-3-13(19)4-6-14/h2-8H,9-10H2,1H3,(H,20,24)(H,21,23). The number of amides is 2. The molecule has 28 heavy (non-hydrogen) atoms. The largest absolute Gasteiger partial charge is 0.452 e. The van der Waals surface area contributed by atoms with Crippen LogP contribution >= 0.6 is 0 Å². The first-order valence-electron chi connectivity index (χ1n) is 8.00. The molecule has 2 rings (SSSR count). The number of rotatable bonds is 7. The molecule has 9 nitrogen and oxygen atoms in total. The molecule has 2 N–H and O–H groups in total. The van der Waals surface area contributed by atoms with E-state index in [9.17, 15) is 28.9 Å². The number of esters is 1. The number of anilines is 1. The highest BCUT2D eigenvalue weighted by Crippen LogP contribution is 2.19. The van der Waals surface area contributed by atoms with Crippen molar-refractivity contribution in [3.05, 3.63) is 69.5 Å². The molecular formula is C18H16FN3O6. The SMILES string of the molecule is Cc1cc(C(=O)OCC(=O)NCC(=O)Nc2ccc(F)cc2)ccc1[N+](=O)[O-]. The van der Waals surface area contributed by atoms with Crippen LogP contribution in [0.4, 0.5) is 15.8 Å². The summed E-state index contributed by atoms with van der Waals surface area (Å²) in [5.41, 5.74) is 0.563. The number of halogens is 1. The molecule has 0 radical (unpaired) electrons. The summed E-state index contributed by atoms with van der Waals surface area (Å²) in [6.07, 6.45) is 0. The first-order valence-corrected chi connectivity index (χ1v) is 8.00. The molecule has 0 heterocycles. The summed E-state index contributed by atoms with van der Waals surface area (Å²) in [6, 6.07) is 8.76. The number of nitrogens with zero attached hydrogens (tertiary/aromatic N) is 1. The van der Waals surface area contributed by atoms with Crippen LogP contribution in [0.5, 0.6) is 0 Å². The third kappa shape index (κ3) is 5.87. The summed E-state index contributed by atoms with van der Waals surface area (Å²) in [6.45, 7) is 0.477. The van der Waals surface area contributed by atoms with Crippen molar-refractivity contribution < 1.29 is 28.4 Å². The maximum absolute atomic E-state index is 12.8. The summed E-state index contributed by atoms with van der Waals surface area (Å²) in [5.74, 6) is -2.53. The number of nitro benzene ring substituents is 1. The van der Waals surface area contributed by atoms with Gasteiger partial charge in [0.2, 0.25) is 5.91 Å². The predicted molar refractivity (Wildman–Crippen MR) is 96.2 cm³/mol. The van der Waals surface area contributed by atoms with Crippen molar-refractivity contribution in [3.63, 3.8) is 0 Å². The van der Waals surface area contributed by atoms with E-state index in [4.69, 9.17) is 4.74 Å². The van der Waals surface area contributed by atoms with Crippen molar-refractivity contribution in [2.24, 2.45) is 0 Å². The van der Waals surface area contributed by atoms with E-state index in [1.807, 2.05) is 0 Å². The van der Waals surface area contributed by atoms with E-state index in [2.05, 4.69) is 10.6 Å². The maximum Gasteiger partial charge on any atom is 0.338 e. The van der Waals surface area contributed by atoms with Crippen LogP contribution in [-0.2, 0) is 14.3 Å². The zero-order valence-corrected chi connectivity index (χ0v) is 14.7. The number of hydrogen-bond donors (Lipinski definition) is 2. The molecule has 0 aliphatic heterocycles. The van der Waals surface area contributed by atoms with E-state index in [0.717, 1.165) is 0 Å². The van der Waals surface area contributed by atoms with Crippen LogP contribution in [0.15, 0.2) is 42.5 Å². The fraction of sp³-hybridized carbons (Fsp3) is 0.167. The van der Waals surface area contributed by atoms with Crippen LogP contribution in [0.1, 0.15) is 15.9 Å². The number of benzene rings is 2. The van der Waals surface area contributed by atoms with Gasteiger partial charge in [-0.2, -0.15) is 0 Å². The third-order valence-electron chi connectivity index (χ3n) is 3.54. The van der Waals surface area contributed by atoms with E-state index in [1.54, 1.807) is 0 Å². The highest BCUT2D eigenvalue weighted by Gasteiger charge is 2.16. The number of aryl methyl sites for hydroxylation is 1. The van der Waals surface area contributed by atoms with Crippen molar-refractivity contribution in [2.75, 3.05) is 18.5 Å². The van der Waals surface area contributed by atoms with Crippen LogP contribution in [-0.4, -0.2) is 35.9 Å². The highest BCUT2D eigenvalue weighted by molar-refractivity contribution is 5.95. The van der Waals surface area contributed by atoms with Gasteiger partial charge in [0.05, 0.1) is 17.0 Å². The third-order valence-corrected chi connectivity index (χ3v) is 3.54. The monoisotopic (exact) mass is 389 g/mol. The summed E-state index contributed by atoms with van der Waals surface area (Å²) >= 11 is 0. The van der Waals surface area contributed by atoms with Crippen LogP contribution in [0.25, 0.3) is 0 Å². The minimum atomic E-state index is -0.830. The topological polar surface area (TPSA) is 128 Å². The van der Waals surface area contributed by atoms with Crippen LogP contribution in [0.3, 0.4) is 0 Å². The van der Waals surface area contributed by atoms with Crippen molar-refractivity contribution in [1.29, 1.82) is 0 Å². The Balaban J connectivity index is 1.78. The van der Waals surface area contributed by atoms with E-state index in [-0.39, 0.29) is 23.4 Å². The van der Waals surface area contributed by atoms with Gasteiger partial charge in [-0.15, -0.1) is 0 Å². The fourth-order valence-electron chi connectivity index (χ4n) is 2.17. The molecule has 0 unspecified atom stereocenters. The minimum Gasteiger partial charge on any atom is -0.452 e. The molecule has 2 aromatic carbocycles. The lowest BCUT2D eigenvalue weighted by atomic mass is 10.1. The molecule has 0 saturated carbocycles. The molecule has 0 bridgehead atoms. The Morgan fingerprint density at radius 2 is 1.79 bits per heavy atom. The molecule has 0 aromatic heterocycles. The Bertz CT molecular complexity index is 914. The molecule has 2 amide bonds. The normalized spacial score (nSPS) is 10.1. The first-order chi connectivity index (χ1) is 13.3. The second-order valence-electron chi connectivity index (χ2n) is 5.67. The van der Waals surface area contributed by atoms with Gasteiger partial charge in [-0.25, -0.2) is 9.18 Å². The molecule has 0 atom stereocenters. The Kier molecular flexibility index (Phi) is 6.74. The van der Waals surface area contributed by atoms with Gasteiger partial charge < -0.3 is 15.4 Å². The minimum absolute atomic E-state index is 0.0601. The van der Waals surface area contributed by atoms with E-state index < -0.39 is 35.1 Å². The number of hydrogen-bond acceptors (Lipinski definition) is 6. The molecule has 2 aromatic rings. The Morgan fingerprint density at radius 1 is 1.11 bits per heavy atom. The zero-order chi connectivity index (χ0) is 20.7. The molecule has 10 heteroatoms. The van der Waals surface area contributed by atoms with Crippen LogP contribution < -0.4 is 10.6 Å². The van der Waals surface area contributed by atoms with Crippen molar-refractivity contribution in [2.45, 2.75) is 6.92 Å². The second kappa shape index (κ2) is 9.21. The first kappa shape index (κ1) is 20.5. The number of nitro groups is 1. The number of ether oxygens (including phenoxy) is 1. The Hall–Kier alpha value is -3.82. The molecule has 146 valence electrons. The van der Waals surface area contributed by atoms with Crippen molar-refractivity contribution >= 4 is 29.2 Å². The van der Waals surface area contributed by atoms with Gasteiger partial charge in [0.25, 0.3) is 11.6 Å². The van der Waals surface area contributed by atoms with E-state index in [1.165, 1.54) is 49.4 Å². The predicted octanol–water partition coefficient (Wildman–Crippen LogP) is 1.95. The lowest BCUT2D eigenvalue weighted by molar-refractivity contribution is -0.385. The maximum atomic E-state index is 12.8. The molecule has 0 aliphatic carbocycles. The number of carbonyl (C=O) groups is 3. The van der Waals surface area contributed by atoms with Crippen molar-refractivity contribution in [1.82, 2.24) is 5.32 Å². The van der Waals surface area contributed by atoms with Gasteiger partial charge in [0, 0.05) is 17.3 Å². The van der Waals surface area contributed by atoms with E-state index in [0.29, 0.717) is 5.69 Å². The van der Waals surface area contributed by atoms with Crippen LogP contribution in [0.2, 0.25) is 0 Å². The lowest BCUT2D eigenvalue weighted by Gasteiger charge is -2.08. The smallest absolute Gasteiger partial charge is 0.338 e. The van der Waals surface area contributed by atoms with Gasteiger partial charge in [-0.05, 0) is 43.3 Å². The zero-order valence-electron chi connectivity index (χ0n) is 14.7. The quantitative estimate of drug-likeness (QED) is 0.423. The van der Waals surface area contributed by atoms with Gasteiger partial charge in [0.1, 0.15) is 5.82 Å². The van der Waals surface area contributed by atoms with E-state index >= 15 is 0 Å². The molecule has 0 saturated heterocycles. The lowest BCUT2D eigenvalue weighted by Crippen LogP contribution is -2.35. The Morgan fingerprint density at radius 3 is 2.39 bits per heavy atom. The average Bonchev–Trinajstić information content (AvgIpc) is 2.65. The molecule has 0 fully saturated rings. The second-order valence-corrected chi connectivity index (χ2v) is 5.67. The molecular weight excluding hydrogens is 373 g/mol. The van der Waals surface area contributed by atoms with Gasteiger partial charge in [0.15, 0.2) is 6.61 Å². The molecule has 0 spiro atoms. The van der Waals surface area contributed by atoms with Crippen LogP contribution in [0, 0.1) is 22.9 Å². The highest BCUT2D eigenvalue weighted by atomic mass is 19.1. The number of carbonyl (C=O) groups excluding carboxylic acids is 3. The number of nitrogens with one attached hydrogen (secondary N) is 2. The fourth-order valence-corrected chi connectivity index (χ4v) is 2.17. The molecule has 0 aliphatic rings. The summed E-state index contributed by atoms with van der Waals surface area (Å²) < 4.78 is 17.6. The average molecular weight is 389 g/mol. The van der Waals surface area contributed by atoms with Gasteiger partial charge in [-0.1, -0.05) is 0 Å². The van der Waals surface area contributed by atoms with Gasteiger partial charge >= 0.3 is 5.97 Å². The van der Waals surface area contributed by atoms with Crippen molar-refractivity contribution in [3.8, 4) is 0 Å². The van der Waals surface area contributed by atoms with Gasteiger partial charge in [-0.3, -0.25) is 19.7 Å². The summed E-state index contributed by atoms with van der Waals surface area (Å²) in [5, 5.41) is 15.5. The summed E-state index contributed by atoms with van der Waals surface area (Å²) in [4.78, 5) is 45.5. The summed E-state index contributed by atoms with van der Waals surface area (Å²) in [7, 11) is 0. The Labute approximate surface area is 158 Å².